The van der Waals surface area contributed by atoms with Crippen molar-refractivity contribution in [2.24, 2.45) is 4.99 Å². The molecule has 166 valence electrons. The zero-order valence-corrected chi connectivity index (χ0v) is 21.0. The predicted octanol–water partition coefficient (Wildman–Crippen LogP) is 3.26. The summed E-state index contributed by atoms with van der Waals surface area (Å²) in [5.74, 6) is 2.67. The lowest BCUT2D eigenvalue weighted by atomic mass is 9.98. The van der Waals surface area contributed by atoms with E-state index in [1.807, 2.05) is 12.1 Å². The van der Waals surface area contributed by atoms with E-state index >= 15 is 0 Å². The maximum Gasteiger partial charge on any atom is 0.203 e. The maximum absolute atomic E-state index is 5.43. The van der Waals surface area contributed by atoms with Crippen molar-refractivity contribution >= 4 is 29.9 Å². The van der Waals surface area contributed by atoms with Crippen LogP contribution in [0.25, 0.3) is 0 Å². The van der Waals surface area contributed by atoms with Crippen molar-refractivity contribution in [3.63, 3.8) is 0 Å². The molecular formula is C21H37IN4O3. The second kappa shape index (κ2) is 12.3. The van der Waals surface area contributed by atoms with Crippen LogP contribution in [0.3, 0.4) is 0 Å². The number of likely N-dealkylation sites (tertiary alicyclic amines) is 1. The highest BCUT2D eigenvalue weighted by molar-refractivity contribution is 14.0. The van der Waals surface area contributed by atoms with Gasteiger partial charge in [0.2, 0.25) is 5.75 Å². The SMILES string of the molecule is CN=C(NCc1cc(OC)c(OC)c(OC)c1)NCC(C)(C)N1CCCCC1.I. The first-order chi connectivity index (χ1) is 13.4. The van der Waals surface area contributed by atoms with Gasteiger partial charge in [0.15, 0.2) is 17.5 Å². The monoisotopic (exact) mass is 520 g/mol. The minimum Gasteiger partial charge on any atom is -0.493 e. The van der Waals surface area contributed by atoms with Crippen LogP contribution in [0.5, 0.6) is 17.2 Å². The molecule has 2 rings (SSSR count). The van der Waals surface area contributed by atoms with Crippen LogP contribution < -0.4 is 24.8 Å². The van der Waals surface area contributed by atoms with Gasteiger partial charge in [0.25, 0.3) is 0 Å². The molecule has 1 aliphatic rings. The highest BCUT2D eigenvalue weighted by atomic mass is 127. The third kappa shape index (κ3) is 7.09. The Morgan fingerprint density at radius 3 is 2.07 bits per heavy atom. The van der Waals surface area contributed by atoms with E-state index < -0.39 is 0 Å². The number of benzene rings is 1. The molecule has 1 heterocycles. The van der Waals surface area contributed by atoms with Gasteiger partial charge in [0, 0.05) is 25.7 Å². The number of halogens is 1. The lowest BCUT2D eigenvalue weighted by Crippen LogP contribution is -2.54. The Bertz CT molecular complexity index is 636. The van der Waals surface area contributed by atoms with Crippen molar-refractivity contribution in [3.05, 3.63) is 17.7 Å². The van der Waals surface area contributed by atoms with E-state index in [2.05, 4.69) is 34.4 Å². The summed E-state index contributed by atoms with van der Waals surface area (Å²) < 4.78 is 16.2. The number of methoxy groups -OCH3 is 3. The third-order valence-corrected chi connectivity index (χ3v) is 5.31. The molecule has 0 saturated carbocycles. The number of aliphatic imine (C=N–C) groups is 1. The predicted molar refractivity (Wildman–Crippen MR) is 129 cm³/mol. The van der Waals surface area contributed by atoms with Crippen LogP contribution in [-0.4, -0.2) is 64.4 Å². The number of piperidine rings is 1. The average Bonchev–Trinajstić information content (AvgIpc) is 2.73. The highest BCUT2D eigenvalue weighted by Crippen LogP contribution is 2.38. The summed E-state index contributed by atoms with van der Waals surface area (Å²) in [5.41, 5.74) is 1.11. The second-order valence-corrected chi connectivity index (χ2v) is 7.67. The van der Waals surface area contributed by atoms with Crippen molar-refractivity contribution in [1.29, 1.82) is 0 Å². The van der Waals surface area contributed by atoms with Crippen molar-refractivity contribution in [2.75, 3.05) is 48.0 Å². The van der Waals surface area contributed by atoms with Gasteiger partial charge in [-0.1, -0.05) is 6.42 Å². The first kappa shape index (κ1) is 25.6. The summed E-state index contributed by atoms with van der Waals surface area (Å²) in [6.45, 7) is 8.36. The van der Waals surface area contributed by atoms with Gasteiger partial charge in [-0.15, -0.1) is 24.0 Å². The summed E-state index contributed by atoms with van der Waals surface area (Å²) in [6, 6.07) is 3.89. The number of hydrogen-bond acceptors (Lipinski definition) is 5. The zero-order valence-electron chi connectivity index (χ0n) is 18.6. The van der Waals surface area contributed by atoms with Gasteiger partial charge in [-0.25, -0.2) is 0 Å². The molecule has 1 aliphatic heterocycles. The van der Waals surface area contributed by atoms with E-state index in [1.165, 1.54) is 32.4 Å². The molecule has 0 amide bonds. The van der Waals surface area contributed by atoms with Gasteiger partial charge in [-0.2, -0.15) is 0 Å². The molecule has 1 fully saturated rings. The molecule has 8 heteroatoms. The Morgan fingerprint density at radius 2 is 1.59 bits per heavy atom. The van der Waals surface area contributed by atoms with E-state index in [0.717, 1.165) is 18.1 Å². The lowest BCUT2D eigenvalue weighted by molar-refractivity contribution is 0.0982. The van der Waals surface area contributed by atoms with E-state index in [-0.39, 0.29) is 29.5 Å². The molecule has 0 aromatic heterocycles. The van der Waals surface area contributed by atoms with Gasteiger partial charge in [-0.05, 0) is 57.5 Å². The number of rotatable bonds is 8. The Balaban J connectivity index is 0.00000420. The summed E-state index contributed by atoms with van der Waals surface area (Å²) in [6.07, 6.45) is 3.92. The zero-order chi connectivity index (χ0) is 20.6. The van der Waals surface area contributed by atoms with Gasteiger partial charge in [0.05, 0.1) is 21.3 Å². The maximum atomic E-state index is 5.43. The molecule has 2 N–H and O–H groups in total. The molecule has 0 radical (unpaired) electrons. The summed E-state index contributed by atoms with van der Waals surface area (Å²) in [7, 11) is 6.64. The number of guanidine groups is 1. The van der Waals surface area contributed by atoms with Crippen LogP contribution in [-0.2, 0) is 6.54 Å². The summed E-state index contributed by atoms with van der Waals surface area (Å²) in [4.78, 5) is 6.92. The Labute approximate surface area is 192 Å². The average molecular weight is 520 g/mol. The molecule has 1 aromatic rings. The van der Waals surface area contributed by atoms with Crippen LogP contribution in [0, 0.1) is 0 Å². The third-order valence-electron chi connectivity index (χ3n) is 5.31. The quantitative estimate of drug-likeness (QED) is 0.312. The van der Waals surface area contributed by atoms with Gasteiger partial charge < -0.3 is 24.8 Å². The molecule has 0 aliphatic carbocycles. The summed E-state index contributed by atoms with van der Waals surface area (Å²) in [5, 5.41) is 6.84. The number of ether oxygens (including phenoxy) is 3. The second-order valence-electron chi connectivity index (χ2n) is 7.67. The molecule has 0 bridgehead atoms. The van der Waals surface area contributed by atoms with Crippen LogP contribution in [0.15, 0.2) is 17.1 Å². The van der Waals surface area contributed by atoms with Gasteiger partial charge in [-0.3, -0.25) is 9.89 Å². The number of hydrogen-bond donors (Lipinski definition) is 2. The molecule has 1 aromatic carbocycles. The van der Waals surface area contributed by atoms with Gasteiger partial charge >= 0.3 is 0 Å². The fourth-order valence-corrected chi connectivity index (χ4v) is 3.55. The van der Waals surface area contributed by atoms with Crippen molar-refractivity contribution in [1.82, 2.24) is 15.5 Å². The first-order valence-corrected chi connectivity index (χ1v) is 9.93. The van der Waals surface area contributed by atoms with Crippen molar-refractivity contribution in [3.8, 4) is 17.2 Å². The fraction of sp³-hybridized carbons (Fsp3) is 0.667. The molecule has 0 atom stereocenters. The minimum atomic E-state index is 0. The molecule has 29 heavy (non-hydrogen) atoms. The van der Waals surface area contributed by atoms with Crippen LogP contribution in [0.2, 0.25) is 0 Å². The van der Waals surface area contributed by atoms with Crippen molar-refractivity contribution < 1.29 is 14.2 Å². The Hall–Kier alpha value is -1.42. The molecule has 0 spiro atoms. The molecule has 0 unspecified atom stereocenters. The number of nitrogens with one attached hydrogen (secondary N) is 2. The van der Waals surface area contributed by atoms with E-state index in [1.54, 1.807) is 28.4 Å². The number of nitrogens with zero attached hydrogens (tertiary/aromatic N) is 2. The largest absolute Gasteiger partial charge is 0.493 e. The van der Waals surface area contributed by atoms with E-state index in [4.69, 9.17) is 14.2 Å². The summed E-state index contributed by atoms with van der Waals surface area (Å²) >= 11 is 0. The smallest absolute Gasteiger partial charge is 0.203 e. The Morgan fingerprint density at radius 1 is 1.00 bits per heavy atom. The molecule has 1 saturated heterocycles. The van der Waals surface area contributed by atoms with E-state index in [0.29, 0.717) is 23.8 Å². The van der Waals surface area contributed by atoms with Crippen LogP contribution in [0.1, 0.15) is 38.7 Å². The van der Waals surface area contributed by atoms with E-state index in [9.17, 15) is 0 Å². The minimum absolute atomic E-state index is 0. The highest BCUT2D eigenvalue weighted by Gasteiger charge is 2.27. The van der Waals surface area contributed by atoms with Crippen LogP contribution in [0.4, 0.5) is 0 Å². The topological polar surface area (TPSA) is 67.4 Å². The first-order valence-electron chi connectivity index (χ1n) is 9.93. The van der Waals surface area contributed by atoms with Crippen molar-refractivity contribution in [2.45, 2.75) is 45.2 Å². The standard InChI is InChI=1S/C21H36N4O3.HI/c1-21(2,25-10-8-7-9-11-25)15-24-20(22-3)23-14-16-12-17(26-4)19(28-6)18(13-16)27-5;/h12-13H,7-11,14-15H2,1-6H3,(H2,22,23,24);1H. The Kier molecular flexibility index (Phi) is 10.9. The normalized spacial score (nSPS) is 15.3. The molecule has 7 nitrogen and oxygen atoms in total. The fourth-order valence-electron chi connectivity index (χ4n) is 3.55. The van der Waals surface area contributed by atoms with Gasteiger partial charge in [0.1, 0.15) is 0 Å². The molecular weight excluding hydrogens is 483 g/mol. The van der Waals surface area contributed by atoms with Crippen LogP contribution >= 0.6 is 24.0 Å². The lowest BCUT2D eigenvalue weighted by Gasteiger charge is -2.41.